The summed E-state index contributed by atoms with van der Waals surface area (Å²) in [4.78, 5) is 32.7. The number of carboxylic acids is 1. The molecule has 0 saturated heterocycles. The summed E-state index contributed by atoms with van der Waals surface area (Å²) in [6.45, 7) is 4.20. The van der Waals surface area contributed by atoms with Crippen LogP contribution in [-0.2, 0) is 9.59 Å². The average molecular weight is 256 g/mol. The Morgan fingerprint density at radius 2 is 1.72 bits per heavy atom. The summed E-state index contributed by atoms with van der Waals surface area (Å²) < 4.78 is 0. The Hall–Kier alpha value is -1.85. The minimum atomic E-state index is -0.880. The molecule has 0 radical (unpaired) electrons. The molecule has 0 bridgehead atoms. The van der Waals surface area contributed by atoms with Crippen LogP contribution in [0.1, 0.15) is 39.5 Å². The van der Waals surface area contributed by atoms with Crippen LogP contribution in [0.4, 0.5) is 4.79 Å². The van der Waals surface area contributed by atoms with E-state index in [1.54, 1.807) is 0 Å². The number of allylic oxidation sites excluding steroid dienone is 1. The number of urea groups is 1. The van der Waals surface area contributed by atoms with Gasteiger partial charge in [-0.3, -0.25) is 14.9 Å². The number of rotatable bonds is 7. The lowest BCUT2D eigenvalue weighted by Crippen LogP contribution is -2.39. The summed E-state index contributed by atoms with van der Waals surface area (Å²) in [6, 6.07) is -0.532. The molecular formula is C12H20N2O4. The van der Waals surface area contributed by atoms with Crippen LogP contribution in [0, 0.1) is 0 Å². The lowest BCUT2D eigenvalue weighted by Gasteiger charge is -2.04. The van der Waals surface area contributed by atoms with Crippen LogP contribution in [-0.4, -0.2) is 29.6 Å². The monoisotopic (exact) mass is 256 g/mol. The number of carbonyl (C=O) groups excluding carboxylic acids is 2. The maximum Gasteiger partial charge on any atom is 0.321 e. The van der Waals surface area contributed by atoms with Gasteiger partial charge in [-0.25, -0.2) is 4.79 Å². The zero-order valence-corrected chi connectivity index (χ0v) is 10.8. The van der Waals surface area contributed by atoms with Crippen molar-refractivity contribution >= 4 is 17.9 Å². The Bertz CT molecular complexity index is 333. The highest BCUT2D eigenvalue weighted by molar-refractivity contribution is 5.94. The predicted octanol–water partition coefficient (Wildman–Crippen LogP) is 1.42. The Kier molecular flexibility index (Phi) is 8.26. The number of unbranched alkanes of at least 4 members (excludes halogenated alkanes) is 1. The van der Waals surface area contributed by atoms with Crippen molar-refractivity contribution < 1.29 is 19.5 Å². The molecule has 6 heteroatoms. The van der Waals surface area contributed by atoms with E-state index >= 15 is 0 Å². The normalized spacial score (nSPS) is 9.44. The van der Waals surface area contributed by atoms with Gasteiger partial charge in [0.2, 0.25) is 5.91 Å². The largest absolute Gasteiger partial charge is 0.481 e. The van der Waals surface area contributed by atoms with Gasteiger partial charge in [0.05, 0.1) is 0 Å². The summed E-state index contributed by atoms with van der Waals surface area (Å²) >= 11 is 0. The molecule has 102 valence electrons. The molecular weight excluding hydrogens is 236 g/mol. The number of carboxylic acid groups (broad SMARTS) is 1. The summed E-state index contributed by atoms with van der Waals surface area (Å²) in [7, 11) is 0. The maximum atomic E-state index is 11.3. The van der Waals surface area contributed by atoms with E-state index in [1.807, 2.05) is 19.9 Å². The number of carbonyl (C=O) groups is 3. The molecule has 0 aliphatic heterocycles. The van der Waals surface area contributed by atoms with Crippen molar-refractivity contribution in [2.75, 3.05) is 6.54 Å². The molecule has 0 rings (SSSR count). The Morgan fingerprint density at radius 3 is 2.28 bits per heavy atom. The van der Waals surface area contributed by atoms with Crippen LogP contribution < -0.4 is 10.6 Å². The van der Waals surface area contributed by atoms with Crippen LogP contribution >= 0.6 is 0 Å². The van der Waals surface area contributed by atoms with Crippen molar-refractivity contribution in [2.45, 2.75) is 39.5 Å². The van der Waals surface area contributed by atoms with E-state index < -0.39 is 17.9 Å². The number of imide groups is 1. The quantitative estimate of drug-likeness (QED) is 0.474. The predicted molar refractivity (Wildman–Crippen MR) is 67.1 cm³/mol. The van der Waals surface area contributed by atoms with Crippen molar-refractivity contribution in [1.29, 1.82) is 0 Å². The summed E-state index contributed by atoms with van der Waals surface area (Å²) in [5.41, 5.74) is 1.08. The standard InChI is InChI=1S/C12H20N2O4/c1-9(2)7-8-13-12(18)14-10(15)5-3-4-6-11(16)17/h7H,3-6,8H2,1-2H3,(H,16,17)(H2,13,14,15,18). The van der Waals surface area contributed by atoms with Crippen LogP contribution in [0.3, 0.4) is 0 Å². The third-order valence-corrected chi connectivity index (χ3v) is 2.07. The molecule has 0 atom stereocenters. The molecule has 0 aliphatic rings. The van der Waals surface area contributed by atoms with Gasteiger partial charge < -0.3 is 10.4 Å². The van der Waals surface area contributed by atoms with Crippen molar-refractivity contribution in [1.82, 2.24) is 10.6 Å². The van der Waals surface area contributed by atoms with E-state index in [2.05, 4.69) is 10.6 Å². The number of hydrogen-bond donors (Lipinski definition) is 3. The number of aliphatic carboxylic acids is 1. The van der Waals surface area contributed by atoms with E-state index in [0.29, 0.717) is 19.4 Å². The van der Waals surface area contributed by atoms with E-state index in [-0.39, 0.29) is 12.8 Å². The topological polar surface area (TPSA) is 95.5 Å². The first-order valence-corrected chi connectivity index (χ1v) is 5.84. The first-order valence-electron chi connectivity index (χ1n) is 5.84. The number of nitrogens with one attached hydrogen (secondary N) is 2. The molecule has 18 heavy (non-hydrogen) atoms. The maximum absolute atomic E-state index is 11.3. The van der Waals surface area contributed by atoms with Crippen molar-refractivity contribution in [3.8, 4) is 0 Å². The van der Waals surface area contributed by atoms with Crippen molar-refractivity contribution in [3.05, 3.63) is 11.6 Å². The second-order valence-corrected chi connectivity index (χ2v) is 4.14. The van der Waals surface area contributed by atoms with Gasteiger partial charge in [-0.1, -0.05) is 11.6 Å². The minimum absolute atomic E-state index is 0.0417. The average Bonchev–Trinajstić information content (AvgIpc) is 2.23. The van der Waals surface area contributed by atoms with Crippen molar-refractivity contribution in [2.24, 2.45) is 0 Å². The van der Waals surface area contributed by atoms with E-state index in [0.717, 1.165) is 5.57 Å². The fourth-order valence-electron chi connectivity index (χ4n) is 1.14. The third-order valence-electron chi connectivity index (χ3n) is 2.07. The molecule has 0 aliphatic carbocycles. The van der Waals surface area contributed by atoms with Gasteiger partial charge >= 0.3 is 12.0 Å². The molecule has 0 heterocycles. The van der Waals surface area contributed by atoms with E-state index in [4.69, 9.17) is 5.11 Å². The smallest absolute Gasteiger partial charge is 0.321 e. The highest BCUT2D eigenvalue weighted by Gasteiger charge is 2.06. The SMILES string of the molecule is CC(C)=CCNC(=O)NC(=O)CCCCC(=O)O. The van der Waals surface area contributed by atoms with Gasteiger partial charge in [0.25, 0.3) is 0 Å². The Morgan fingerprint density at radius 1 is 1.11 bits per heavy atom. The second-order valence-electron chi connectivity index (χ2n) is 4.14. The number of hydrogen-bond acceptors (Lipinski definition) is 3. The Labute approximate surface area is 106 Å². The zero-order chi connectivity index (χ0) is 14.0. The Balaban J connectivity index is 3.64. The molecule has 0 aromatic carbocycles. The summed E-state index contributed by atoms with van der Waals surface area (Å²) in [5, 5.41) is 13.1. The van der Waals surface area contributed by atoms with Crippen LogP contribution in [0.25, 0.3) is 0 Å². The highest BCUT2D eigenvalue weighted by Crippen LogP contribution is 1.99. The van der Waals surface area contributed by atoms with Gasteiger partial charge in [-0.05, 0) is 26.7 Å². The minimum Gasteiger partial charge on any atom is -0.481 e. The molecule has 0 unspecified atom stereocenters. The molecule has 6 nitrogen and oxygen atoms in total. The van der Waals surface area contributed by atoms with Gasteiger partial charge in [-0.2, -0.15) is 0 Å². The first kappa shape index (κ1) is 16.1. The zero-order valence-electron chi connectivity index (χ0n) is 10.8. The first-order chi connectivity index (χ1) is 8.41. The summed E-state index contributed by atoms with van der Waals surface area (Å²) in [5.74, 6) is -1.27. The fraction of sp³-hybridized carbons (Fsp3) is 0.583. The van der Waals surface area contributed by atoms with Gasteiger partial charge in [0.1, 0.15) is 0 Å². The molecule has 0 fully saturated rings. The third kappa shape index (κ3) is 10.7. The van der Waals surface area contributed by atoms with Crippen LogP contribution in [0.2, 0.25) is 0 Å². The summed E-state index contributed by atoms with van der Waals surface area (Å²) in [6.07, 6.45) is 2.92. The van der Waals surface area contributed by atoms with Crippen LogP contribution in [0.15, 0.2) is 11.6 Å². The van der Waals surface area contributed by atoms with E-state index in [9.17, 15) is 14.4 Å². The lowest BCUT2D eigenvalue weighted by atomic mass is 10.2. The highest BCUT2D eigenvalue weighted by atomic mass is 16.4. The second kappa shape index (κ2) is 9.21. The lowest BCUT2D eigenvalue weighted by molar-refractivity contribution is -0.137. The van der Waals surface area contributed by atoms with Gasteiger partial charge in [0.15, 0.2) is 0 Å². The van der Waals surface area contributed by atoms with Crippen LogP contribution in [0.5, 0.6) is 0 Å². The fourth-order valence-corrected chi connectivity index (χ4v) is 1.14. The molecule has 3 N–H and O–H groups in total. The van der Waals surface area contributed by atoms with E-state index in [1.165, 1.54) is 0 Å². The molecule has 3 amide bonds. The molecule has 0 aromatic rings. The molecule has 0 spiro atoms. The number of amides is 3. The van der Waals surface area contributed by atoms with Gasteiger partial charge in [0, 0.05) is 19.4 Å². The van der Waals surface area contributed by atoms with Gasteiger partial charge in [-0.15, -0.1) is 0 Å². The molecule has 0 aromatic heterocycles. The van der Waals surface area contributed by atoms with Crippen molar-refractivity contribution in [3.63, 3.8) is 0 Å². The molecule has 0 saturated carbocycles.